The average Bonchev–Trinajstić information content (AvgIpc) is 2.42. The number of hydrazone groups is 1. The maximum absolute atomic E-state index is 11.4. The molecule has 0 spiro atoms. The highest BCUT2D eigenvalue weighted by atomic mass is 16.3. The first kappa shape index (κ1) is 13.6. The van der Waals surface area contributed by atoms with Gasteiger partial charge >= 0.3 is 5.69 Å². The lowest BCUT2D eigenvalue weighted by Crippen LogP contribution is -2.25. The second kappa shape index (κ2) is 6.37. The van der Waals surface area contributed by atoms with Gasteiger partial charge in [0, 0.05) is 6.54 Å². The Morgan fingerprint density at radius 3 is 2.65 bits per heavy atom. The fourth-order valence-corrected chi connectivity index (χ4v) is 1.62. The molecule has 0 unspecified atom stereocenters. The Morgan fingerprint density at radius 1 is 1.20 bits per heavy atom. The quantitative estimate of drug-likeness (QED) is 0.347. The molecule has 4 N–H and O–H groups in total. The fraction of sp³-hybridized carbons (Fsp3) is 0.154. The predicted molar refractivity (Wildman–Crippen MR) is 75.1 cm³/mol. The highest BCUT2D eigenvalue weighted by Crippen LogP contribution is 2.00. The number of hydrogen-bond donors (Lipinski definition) is 4. The minimum absolute atomic E-state index is 0.100. The summed E-state index contributed by atoms with van der Waals surface area (Å²) in [6.07, 6.45) is 1.95. The third-order valence-electron chi connectivity index (χ3n) is 2.61. The molecule has 20 heavy (non-hydrogen) atoms. The Bertz CT molecular complexity index is 704. The highest BCUT2D eigenvalue weighted by Gasteiger charge is 2.04. The molecule has 104 valence electrons. The van der Waals surface area contributed by atoms with Crippen molar-refractivity contribution in [3.8, 4) is 5.88 Å². The van der Waals surface area contributed by atoms with Gasteiger partial charge in [-0.1, -0.05) is 30.3 Å². The molecule has 7 heteroatoms. The van der Waals surface area contributed by atoms with E-state index in [1.54, 1.807) is 0 Å². The monoisotopic (exact) mass is 274 g/mol. The lowest BCUT2D eigenvalue weighted by atomic mass is 10.2. The van der Waals surface area contributed by atoms with Crippen LogP contribution in [0.25, 0.3) is 0 Å². The van der Waals surface area contributed by atoms with E-state index in [-0.39, 0.29) is 5.56 Å². The molecule has 2 rings (SSSR count). The smallest absolute Gasteiger partial charge is 0.328 e. The Balaban J connectivity index is 1.91. The van der Waals surface area contributed by atoms with E-state index >= 15 is 0 Å². The molecule has 0 saturated heterocycles. The Labute approximate surface area is 114 Å². The van der Waals surface area contributed by atoms with Gasteiger partial charge in [0.05, 0.1) is 6.21 Å². The second-order valence-corrected chi connectivity index (χ2v) is 4.07. The van der Waals surface area contributed by atoms with E-state index in [9.17, 15) is 14.7 Å². The number of aromatic nitrogens is 2. The standard InChI is InChI=1S/C13H14N4O3/c18-11-10(12(19)17-13(20)16-11)8-15-14-7-6-9-4-2-1-3-5-9/h1-5,8,14H,6-7H2,(H3,16,17,18,19,20)/b15-8+. The normalized spacial score (nSPS) is 10.8. The summed E-state index contributed by atoms with van der Waals surface area (Å²) in [6, 6.07) is 9.86. The van der Waals surface area contributed by atoms with E-state index in [1.807, 2.05) is 35.3 Å². The van der Waals surface area contributed by atoms with Crippen molar-refractivity contribution in [2.45, 2.75) is 6.42 Å². The Kier molecular flexibility index (Phi) is 4.33. The third-order valence-corrected chi connectivity index (χ3v) is 2.61. The topological polar surface area (TPSA) is 110 Å². The van der Waals surface area contributed by atoms with Gasteiger partial charge < -0.3 is 10.5 Å². The highest BCUT2D eigenvalue weighted by molar-refractivity contribution is 5.81. The van der Waals surface area contributed by atoms with Crippen molar-refractivity contribution in [1.82, 2.24) is 15.4 Å². The fourth-order valence-electron chi connectivity index (χ4n) is 1.62. The molecule has 1 aromatic heterocycles. The van der Waals surface area contributed by atoms with Gasteiger partial charge in [-0.15, -0.1) is 0 Å². The molecule has 0 saturated carbocycles. The number of H-pyrrole nitrogens is 2. The van der Waals surface area contributed by atoms with Crippen molar-refractivity contribution in [2.75, 3.05) is 6.54 Å². The van der Waals surface area contributed by atoms with Gasteiger partial charge in [-0.2, -0.15) is 5.10 Å². The molecule has 0 aliphatic carbocycles. The lowest BCUT2D eigenvalue weighted by Gasteiger charge is -2.01. The van der Waals surface area contributed by atoms with Crippen molar-refractivity contribution in [3.63, 3.8) is 0 Å². The maximum atomic E-state index is 11.4. The summed E-state index contributed by atoms with van der Waals surface area (Å²) < 4.78 is 0. The molecule has 1 heterocycles. The number of nitrogens with one attached hydrogen (secondary N) is 3. The molecule has 0 atom stereocenters. The molecule has 0 bridgehead atoms. The molecule has 0 radical (unpaired) electrons. The van der Waals surface area contributed by atoms with Crippen molar-refractivity contribution < 1.29 is 5.11 Å². The van der Waals surface area contributed by atoms with Gasteiger partial charge in [0.1, 0.15) is 5.56 Å². The maximum Gasteiger partial charge on any atom is 0.328 e. The molecular weight excluding hydrogens is 260 g/mol. The zero-order valence-electron chi connectivity index (χ0n) is 10.6. The van der Waals surface area contributed by atoms with Crippen LogP contribution in [0.4, 0.5) is 0 Å². The molecule has 0 aliphatic heterocycles. The van der Waals surface area contributed by atoms with Crippen LogP contribution in [0.3, 0.4) is 0 Å². The number of aromatic hydroxyl groups is 1. The van der Waals surface area contributed by atoms with E-state index in [1.165, 1.54) is 5.56 Å². The predicted octanol–water partition coefficient (Wildman–Crippen LogP) is -0.0650. The van der Waals surface area contributed by atoms with Crippen LogP contribution in [0.2, 0.25) is 0 Å². The van der Waals surface area contributed by atoms with Crippen molar-refractivity contribution in [2.24, 2.45) is 5.10 Å². The SMILES string of the molecule is O=c1[nH]c(O)c(/C=N/NCCc2ccccc2)c(=O)[nH]1. The van der Waals surface area contributed by atoms with Crippen LogP contribution in [0.5, 0.6) is 5.88 Å². The summed E-state index contributed by atoms with van der Waals surface area (Å²) in [7, 11) is 0. The van der Waals surface area contributed by atoms with E-state index in [0.717, 1.165) is 12.6 Å². The summed E-state index contributed by atoms with van der Waals surface area (Å²) in [4.78, 5) is 26.3. The minimum atomic E-state index is -0.762. The van der Waals surface area contributed by atoms with Crippen LogP contribution >= 0.6 is 0 Å². The number of aromatic amines is 2. The van der Waals surface area contributed by atoms with Crippen LogP contribution in [-0.4, -0.2) is 27.8 Å². The van der Waals surface area contributed by atoms with Gasteiger partial charge in [0.2, 0.25) is 5.88 Å². The van der Waals surface area contributed by atoms with Gasteiger partial charge in [-0.05, 0) is 12.0 Å². The second-order valence-electron chi connectivity index (χ2n) is 4.07. The van der Waals surface area contributed by atoms with Gasteiger partial charge in [-0.25, -0.2) is 4.79 Å². The van der Waals surface area contributed by atoms with Crippen molar-refractivity contribution in [3.05, 3.63) is 62.3 Å². The Morgan fingerprint density at radius 2 is 1.95 bits per heavy atom. The first-order valence-corrected chi connectivity index (χ1v) is 6.02. The molecule has 7 nitrogen and oxygen atoms in total. The van der Waals surface area contributed by atoms with E-state index in [2.05, 4.69) is 15.5 Å². The zero-order chi connectivity index (χ0) is 14.4. The summed E-state index contributed by atoms with van der Waals surface area (Å²) >= 11 is 0. The molecule has 2 aromatic rings. The Hall–Kier alpha value is -2.83. The minimum Gasteiger partial charge on any atom is -0.494 e. The molecule has 0 fully saturated rings. The number of hydrogen-bond acceptors (Lipinski definition) is 5. The third kappa shape index (κ3) is 3.58. The van der Waals surface area contributed by atoms with Crippen LogP contribution in [0, 0.1) is 0 Å². The zero-order valence-corrected chi connectivity index (χ0v) is 10.6. The van der Waals surface area contributed by atoms with Gasteiger partial charge in [0.25, 0.3) is 5.56 Å². The van der Waals surface area contributed by atoms with Crippen LogP contribution in [-0.2, 0) is 6.42 Å². The average molecular weight is 274 g/mol. The summed E-state index contributed by atoms with van der Waals surface area (Å²) in [5.41, 5.74) is 2.37. The first-order chi connectivity index (χ1) is 9.66. The van der Waals surface area contributed by atoms with Crippen LogP contribution in [0.15, 0.2) is 45.0 Å². The van der Waals surface area contributed by atoms with Crippen molar-refractivity contribution in [1.29, 1.82) is 0 Å². The number of benzene rings is 1. The van der Waals surface area contributed by atoms with Crippen molar-refractivity contribution >= 4 is 6.21 Å². The number of nitrogens with zero attached hydrogens (tertiary/aromatic N) is 1. The number of rotatable bonds is 5. The molecule has 0 aliphatic rings. The summed E-state index contributed by atoms with van der Waals surface area (Å²) in [5, 5.41) is 13.2. The lowest BCUT2D eigenvalue weighted by molar-refractivity contribution is 0.447. The summed E-state index contributed by atoms with van der Waals surface area (Å²) in [5.74, 6) is -0.507. The molecule has 1 aromatic carbocycles. The van der Waals surface area contributed by atoms with E-state index in [0.29, 0.717) is 6.54 Å². The molecular formula is C13H14N4O3. The van der Waals surface area contributed by atoms with E-state index < -0.39 is 17.1 Å². The van der Waals surface area contributed by atoms with Crippen LogP contribution in [0.1, 0.15) is 11.1 Å². The largest absolute Gasteiger partial charge is 0.494 e. The van der Waals surface area contributed by atoms with Crippen LogP contribution < -0.4 is 16.7 Å². The summed E-state index contributed by atoms with van der Waals surface area (Å²) in [6.45, 7) is 0.586. The van der Waals surface area contributed by atoms with Gasteiger partial charge in [0.15, 0.2) is 0 Å². The molecule has 0 amide bonds. The van der Waals surface area contributed by atoms with Gasteiger partial charge in [-0.3, -0.25) is 14.8 Å². The first-order valence-electron chi connectivity index (χ1n) is 6.02. The van der Waals surface area contributed by atoms with E-state index in [4.69, 9.17) is 0 Å².